The molecule has 0 heterocycles. The zero-order chi connectivity index (χ0) is 18.4. The third kappa shape index (κ3) is 5.29. The summed E-state index contributed by atoms with van der Waals surface area (Å²) in [7, 11) is 0. The van der Waals surface area contributed by atoms with E-state index in [1.165, 1.54) is 42.5 Å². The molecule has 0 aromatic heterocycles. The smallest absolute Gasteiger partial charge is 0.387 e. The number of halogens is 3. The molecule has 3 N–H and O–H groups in total. The summed E-state index contributed by atoms with van der Waals surface area (Å²) < 4.78 is 29.1. The minimum absolute atomic E-state index is 0.0518. The molecular formula is C17H13ClF2N2O3. The minimum Gasteiger partial charge on any atom is -0.434 e. The Morgan fingerprint density at radius 1 is 1.20 bits per heavy atom. The maximum atomic E-state index is 12.3. The number of amides is 2. The molecule has 8 heteroatoms. The van der Waals surface area contributed by atoms with E-state index in [2.05, 4.69) is 10.1 Å². The Morgan fingerprint density at radius 3 is 2.60 bits per heavy atom. The first-order valence-electron chi connectivity index (χ1n) is 6.99. The van der Waals surface area contributed by atoms with Gasteiger partial charge in [-0.05, 0) is 30.3 Å². The Hall–Kier alpha value is -2.93. The summed E-state index contributed by atoms with van der Waals surface area (Å²) in [6, 6.07) is 10.3. The van der Waals surface area contributed by atoms with Crippen molar-refractivity contribution in [2.75, 3.05) is 5.32 Å². The van der Waals surface area contributed by atoms with Gasteiger partial charge in [-0.2, -0.15) is 8.78 Å². The number of ether oxygens (including phenoxy) is 1. The third-order valence-electron chi connectivity index (χ3n) is 3.05. The number of para-hydroxylation sites is 1. The normalized spacial score (nSPS) is 10.9. The zero-order valence-corrected chi connectivity index (χ0v) is 13.5. The van der Waals surface area contributed by atoms with E-state index < -0.39 is 18.4 Å². The Bertz CT molecular complexity index is 825. The van der Waals surface area contributed by atoms with Crippen LogP contribution in [0.2, 0.25) is 5.02 Å². The molecular weight excluding hydrogens is 354 g/mol. The highest BCUT2D eigenvalue weighted by Gasteiger charge is 2.09. The number of hydrogen-bond donors (Lipinski definition) is 2. The molecule has 0 atom stereocenters. The lowest BCUT2D eigenvalue weighted by Gasteiger charge is -2.08. The molecule has 25 heavy (non-hydrogen) atoms. The Labute approximate surface area is 147 Å². The lowest BCUT2D eigenvalue weighted by atomic mass is 10.1. The average molecular weight is 367 g/mol. The van der Waals surface area contributed by atoms with E-state index >= 15 is 0 Å². The summed E-state index contributed by atoms with van der Waals surface area (Å²) in [5.41, 5.74) is 5.87. The van der Waals surface area contributed by atoms with E-state index in [0.29, 0.717) is 11.3 Å². The molecule has 2 rings (SSSR count). The Kier molecular flexibility index (Phi) is 6.08. The number of anilines is 1. The van der Waals surface area contributed by atoms with Crippen LogP contribution in [0.15, 0.2) is 48.5 Å². The first-order chi connectivity index (χ1) is 11.9. The van der Waals surface area contributed by atoms with Gasteiger partial charge >= 0.3 is 6.61 Å². The first kappa shape index (κ1) is 18.4. The summed E-state index contributed by atoms with van der Waals surface area (Å²) in [6.45, 7) is -2.97. The largest absolute Gasteiger partial charge is 0.434 e. The number of nitrogens with one attached hydrogen (secondary N) is 1. The van der Waals surface area contributed by atoms with Crippen molar-refractivity contribution >= 4 is 35.2 Å². The number of alkyl halides is 2. The fraction of sp³-hybridized carbons (Fsp3) is 0.0588. The molecule has 0 spiro atoms. The highest BCUT2D eigenvalue weighted by Crippen LogP contribution is 2.22. The minimum atomic E-state index is -2.97. The highest BCUT2D eigenvalue weighted by atomic mass is 35.5. The van der Waals surface area contributed by atoms with Crippen LogP contribution in [0.3, 0.4) is 0 Å². The molecule has 130 valence electrons. The van der Waals surface area contributed by atoms with Crippen molar-refractivity contribution in [3.63, 3.8) is 0 Å². The van der Waals surface area contributed by atoms with E-state index in [9.17, 15) is 18.4 Å². The van der Waals surface area contributed by atoms with Gasteiger partial charge in [0, 0.05) is 17.3 Å². The van der Waals surface area contributed by atoms with E-state index in [0.717, 1.165) is 6.08 Å². The van der Waals surface area contributed by atoms with Gasteiger partial charge in [0.1, 0.15) is 5.75 Å². The maximum absolute atomic E-state index is 12.3. The van der Waals surface area contributed by atoms with Gasteiger partial charge in [-0.1, -0.05) is 29.8 Å². The van der Waals surface area contributed by atoms with Gasteiger partial charge in [0.25, 0.3) is 0 Å². The van der Waals surface area contributed by atoms with Gasteiger partial charge in [-0.25, -0.2) is 0 Å². The molecule has 2 aromatic carbocycles. The van der Waals surface area contributed by atoms with Crippen molar-refractivity contribution in [1.29, 1.82) is 0 Å². The molecule has 0 fully saturated rings. The van der Waals surface area contributed by atoms with Crippen molar-refractivity contribution in [3.05, 3.63) is 64.7 Å². The molecule has 0 saturated heterocycles. The van der Waals surface area contributed by atoms with Crippen molar-refractivity contribution in [2.45, 2.75) is 6.61 Å². The Balaban J connectivity index is 2.12. The molecule has 2 aromatic rings. The number of carbonyl (C=O) groups is 2. The van der Waals surface area contributed by atoms with Crippen LogP contribution in [0, 0.1) is 0 Å². The van der Waals surface area contributed by atoms with Crippen LogP contribution < -0.4 is 15.8 Å². The fourth-order valence-electron chi connectivity index (χ4n) is 1.96. The predicted octanol–water partition coefficient (Wildman–Crippen LogP) is 3.69. The van der Waals surface area contributed by atoms with Gasteiger partial charge < -0.3 is 15.8 Å². The predicted molar refractivity (Wildman–Crippen MR) is 90.7 cm³/mol. The fourth-order valence-corrected chi connectivity index (χ4v) is 2.17. The average Bonchev–Trinajstić information content (AvgIpc) is 2.55. The van der Waals surface area contributed by atoms with E-state index in [4.69, 9.17) is 17.3 Å². The summed E-state index contributed by atoms with van der Waals surface area (Å²) in [6.07, 6.45) is 2.48. The summed E-state index contributed by atoms with van der Waals surface area (Å²) in [4.78, 5) is 23.2. The van der Waals surface area contributed by atoms with Gasteiger partial charge in [-0.15, -0.1) is 0 Å². The highest BCUT2D eigenvalue weighted by molar-refractivity contribution is 6.34. The lowest BCUT2D eigenvalue weighted by molar-refractivity contribution is -0.111. The number of rotatable bonds is 6. The van der Waals surface area contributed by atoms with Crippen molar-refractivity contribution in [1.82, 2.24) is 0 Å². The number of hydrogen-bond acceptors (Lipinski definition) is 3. The second-order valence-electron chi connectivity index (χ2n) is 4.80. The Morgan fingerprint density at radius 2 is 1.92 bits per heavy atom. The zero-order valence-electron chi connectivity index (χ0n) is 12.7. The van der Waals surface area contributed by atoms with E-state index in [1.807, 2.05) is 0 Å². The van der Waals surface area contributed by atoms with Crippen LogP contribution in [-0.4, -0.2) is 18.4 Å². The number of benzene rings is 2. The van der Waals surface area contributed by atoms with Crippen LogP contribution in [0.4, 0.5) is 14.5 Å². The van der Waals surface area contributed by atoms with Crippen molar-refractivity contribution in [2.24, 2.45) is 5.73 Å². The molecule has 0 saturated carbocycles. The van der Waals surface area contributed by atoms with Gasteiger partial charge in [-0.3, -0.25) is 9.59 Å². The molecule has 0 unspecified atom stereocenters. The molecule has 0 bridgehead atoms. The molecule has 2 amide bonds. The second kappa shape index (κ2) is 8.25. The number of nitrogens with two attached hydrogens (primary N) is 1. The standard InChI is InChI=1S/C17H13ClF2N2O3/c18-13-7-6-11(9-12(13)16(21)24)22-15(23)8-5-10-3-1-2-4-14(10)25-17(19)20/h1-9,17H,(H2,21,24)(H,22,23). The van der Waals surface area contributed by atoms with Crippen LogP contribution in [0.25, 0.3) is 6.08 Å². The van der Waals surface area contributed by atoms with E-state index in [-0.39, 0.29) is 16.3 Å². The molecule has 0 aliphatic rings. The molecule has 0 radical (unpaired) electrons. The lowest BCUT2D eigenvalue weighted by Crippen LogP contribution is -2.13. The second-order valence-corrected chi connectivity index (χ2v) is 5.20. The summed E-state index contributed by atoms with van der Waals surface area (Å²) >= 11 is 5.83. The maximum Gasteiger partial charge on any atom is 0.387 e. The van der Waals surface area contributed by atoms with Gasteiger partial charge in [0.2, 0.25) is 11.8 Å². The number of primary amides is 1. The SMILES string of the molecule is NC(=O)c1cc(NC(=O)C=Cc2ccccc2OC(F)F)ccc1Cl. The topological polar surface area (TPSA) is 81.4 Å². The van der Waals surface area contributed by atoms with Gasteiger partial charge in [0.15, 0.2) is 0 Å². The van der Waals surface area contributed by atoms with Crippen LogP contribution in [-0.2, 0) is 4.79 Å². The van der Waals surface area contributed by atoms with Crippen LogP contribution in [0.1, 0.15) is 15.9 Å². The summed E-state index contributed by atoms with van der Waals surface area (Å²) in [5, 5.41) is 2.68. The number of carbonyl (C=O) groups excluding carboxylic acids is 2. The quantitative estimate of drug-likeness (QED) is 0.765. The van der Waals surface area contributed by atoms with Gasteiger partial charge in [0.05, 0.1) is 10.6 Å². The monoisotopic (exact) mass is 366 g/mol. The van der Waals surface area contributed by atoms with Crippen LogP contribution >= 0.6 is 11.6 Å². The summed E-state index contributed by atoms with van der Waals surface area (Å²) in [5.74, 6) is -1.32. The molecule has 5 nitrogen and oxygen atoms in total. The third-order valence-corrected chi connectivity index (χ3v) is 3.38. The first-order valence-corrected chi connectivity index (χ1v) is 7.37. The van der Waals surface area contributed by atoms with Crippen LogP contribution in [0.5, 0.6) is 5.75 Å². The van der Waals surface area contributed by atoms with E-state index in [1.54, 1.807) is 6.07 Å². The van der Waals surface area contributed by atoms with Crippen molar-refractivity contribution in [3.8, 4) is 5.75 Å². The molecule has 0 aliphatic heterocycles. The van der Waals surface area contributed by atoms with Crippen molar-refractivity contribution < 1.29 is 23.1 Å². The molecule has 0 aliphatic carbocycles.